The molecule has 0 amide bonds. The molecule has 0 aliphatic carbocycles. The van der Waals surface area contributed by atoms with E-state index >= 15 is 0 Å². The zero-order valence-electron chi connectivity index (χ0n) is 9.33. The van der Waals surface area contributed by atoms with E-state index in [-0.39, 0.29) is 0 Å². The van der Waals surface area contributed by atoms with Gasteiger partial charge in [0, 0.05) is 6.04 Å². The lowest BCUT2D eigenvalue weighted by atomic mass is 10.0. The number of nitrogens with zero attached hydrogens (tertiary/aromatic N) is 2. The number of piperidine rings is 1. The molecule has 15 heavy (non-hydrogen) atoms. The average molecular weight is 218 g/mol. The summed E-state index contributed by atoms with van der Waals surface area (Å²) >= 11 is 0. The first-order valence-electron chi connectivity index (χ1n) is 5.91. The molecule has 0 aromatic heterocycles. The molecule has 2 aliphatic rings. The van der Waals surface area contributed by atoms with Gasteiger partial charge in [0.1, 0.15) is 0 Å². The van der Waals surface area contributed by atoms with Crippen LogP contribution in [0.4, 0.5) is 8.78 Å². The Morgan fingerprint density at radius 2 is 1.73 bits per heavy atom. The van der Waals surface area contributed by atoms with Crippen molar-refractivity contribution in [1.29, 1.82) is 0 Å². The quantitative estimate of drug-likeness (QED) is 0.697. The third-order valence-corrected chi connectivity index (χ3v) is 3.79. The minimum atomic E-state index is -2.16. The van der Waals surface area contributed by atoms with Crippen molar-refractivity contribution in [1.82, 2.24) is 9.80 Å². The zero-order chi connectivity index (χ0) is 10.8. The summed E-state index contributed by atoms with van der Waals surface area (Å²) in [5.41, 5.74) is 0. The largest absolute Gasteiger partial charge is 0.306 e. The van der Waals surface area contributed by atoms with Gasteiger partial charge in [-0.3, -0.25) is 4.90 Å². The average Bonchev–Trinajstić information content (AvgIpc) is 2.67. The number of alkyl halides is 2. The number of rotatable bonds is 2. The maximum absolute atomic E-state index is 12.8. The first-order valence-corrected chi connectivity index (χ1v) is 5.91. The molecule has 2 rings (SSSR count). The van der Waals surface area contributed by atoms with Gasteiger partial charge in [-0.25, -0.2) is 8.78 Å². The third-order valence-electron chi connectivity index (χ3n) is 3.79. The van der Waals surface area contributed by atoms with Gasteiger partial charge >= 0.3 is 0 Å². The van der Waals surface area contributed by atoms with Crippen molar-refractivity contribution in [2.24, 2.45) is 0 Å². The SMILES string of the molecule is CN1CCC(N2CCCC2C(F)F)CC1. The molecule has 0 radical (unpaired) electrons. The van der Waals surface area contributed by atoms with E-state index in [2.05, 4.69) is 16.8 Å². The minimum Gasteiger partial charge on any atom is -0.306 e. The van der Waals surface area contributed by atoms with E-state index in [9.17, 15) is 8.78 Å². The van der Waals surface area contributed by atoms with Crippen molar-refractivity contribution < 1.29 is 8.78 Å². The molecular formula is C11H20F2N2. The van der Waals surface area contributed by atoms with Crippen LogP contribution in [0.1, 0.15) is 25.7 Å². The van der Waals surface area contributed by atoms with Crippen LogP contribution in [-0.4, -0.2) is 55.0 Å². The second-order valence-corrected chi connectivity index (χ2v) is 4.82. The van der Waals surface area contributed by atoms with Crippen LogP contribution in [0.3, 0.4) is 0 Å². The van der Waals surface area contributed by atoms with E-state index in [0.717, 1.165) is 38.9 Å². The van der Waals surface area contributed by atoms with Crippen molar-refractivity contribution in [3.8, 4) is 0 Å². The molecule has 0 saturated carbocycles. The monoisotopic (exact) mass is 218 g/mol. The van der Waals surface area contributed by atoms with Crippen LogP contribution in [0.2, 0.25) is 0 Å². The molecular weight excluding hydrogens is 198 g/mol. The molecule has 1 atom stereocenters. The lowest BCUT2D eigenvalue weighted by Crippen LogP contribution is -2.47. The molecule has 0 aromatic rings. The van der Waals surface area contributed by atoms with E-state index in [0.29, 0.717) is 12.5 Å². The highest BCUT2D eigenvalue weighted by atomic mass is 19.3. The van der Waals surface area contributed by atoms with E-state index in [1.807, 2.05) is 0 Å². The molecule has 1 unspecified atom stereocenters. The van der Waals surface area contributed by atoms with Gasteiger partial charge in [-0.2, -0.15) is 0 Å². The summed E-state index contributed by atoms with van der Waals surface area (Å²) in [4.78, 5) is 4.35. The minimum absolute atomic E-state index is 0.405. The normalized spacial score (nSPS) is 31.6. The molecule has 2 saturated heterocycles. The first kappa shape index (κ1) is 11.3. The van der Waals surface area contributed by atoms with E-state index in [4.69, 9.17) is 0 Å². The van der Waals surface area contributed by atoms with Gasteiger partial charge in [0.15, 0.2) is 0 Å². The van der Waals surface area contributed by atoms with Crippen molar-refractivity contribution >= 4 is 0 Å². The van der Waals surface area contributed by atoms with Gasteiger partial charge in [0.2, 0.25) is 0 Å². The fourth-order valence-corrected chi connectivity index (χ4v) is 2.87. The van der Waals surface area contributed by atoms with Gasteiger partial charge < -0.3 is 4.90 Å². The maximum atomic E-state index is 12.8. The van der Waals surface area contributed by atoms with Crippen LogP contribution in [0, 0.1) is 0 Å². The topological polar surface area (TPSA) is 6.48 Å². The Bertz CT molecular complexity index is 203. The predicted octanol–water partition coefficient (Wildman–Crippen LogP) is 1.81. The van der Waals surface area contributed by atoms with Crippen molar-refractivity contribution in [3.63, 3.8) is 0 Å². The highest BCUT2D eigenvalue weighted by Gasteiger charge is 2.36. The Hall–Kier alpha value is -0.220. The van der Waals surface area contributed by atoms with Gasteiger partial charge in [-0.05, 0) is 52.4 Å². The second-order valence-electron chi connectivity index (χ2n) is 4.82. The Labute approximate surface area is 90.2 Å². The third kappa shape index (κ3) is 2.48. The zero-order valence-corrected chi connectivity index (χ0v) is 9.33. The number of likely N-dealkylation sites (tertiary alicyclic amines) is 2. The second kappa shape index (κ2) is 4.74. The van der Waals surface area contributed by atoms with Crippen LogP contribution in [0.25, 0.3) is 0 Å². The molecule has 2 heterocycles. The standard InChI is InChI=1S/C11H20F2N2/c1-14-7-4-9(5-8-14)15-6-2-3-10(15)11(12)13/h9-11H,2-8H2,1H3. The molecule has 0 bridgehead atoms. The Kier molecular flexibility index (Phi) is 3.57. The summed E-state index contributed by atoms with van der Waals surface area (Å²) in [6.07, 6.45) is 1.58. The van der Waals surface area contributed by atoms with Gasteiger partial charge in [0.25, 0.3) is 6.43 Å². The smallest absolute Gasteiger partial charge is 0.253 e. The number of hydrogen-bond acceptors (Lipinski definition) is 2. The van der Waals surface area contributed by atoms with Crippen LogP contribution in [-0.2, 0) is 0 Å². The van der Waals surface area contributed by atoms with E-state index in [1.54, 1.807) is 0 Å². The van der Waals surface area contributed by atoms with E-state index < -0.39 is 12.5 Å². The Morgan fingerprint density at radius 1 is 1.07 bits per heavy atom. The summed E-state index contributed by atoms with van der Waals surface area (Å²) in [6, 6.07) is -0.0545. The fourth-order valence-electron chi connectivity index (χ4n) is 2.87. The van der Waals surface area contributed by atoms with Crippen LogP contribution in [0.15, 0.2) is 0 Å². The van der Waals surface area contributed by atoms with Gasteiger partial charge in [0.05, 0.1) is 6.04 Å². The maximum Gasteiger partial charge on any atom is 0.253 e. The molecule has 2 aliphatic heterocycles. The summed E-state index contributed by atoms with van der Waals surface area (Å²) in [5, 5.41) is 0. The van der Waals surface area contributed by atoms with Gasteiger partial charge in [-0.1, -0.05) is 0 Å². The molecule has 0 N–H and O–H groups in total. The first-order chi connectivity index (χ1) is 7.18. The van der Waals surface area contributed by atoms with Crippen LogP contribution >= 0.6 is 0 Å². The van der Waals surface area contributed by atoms with Crippen LogP contribution < -0.4 is 0 Å². The summed E-state index contributed by atoms with van der Waals surface area (Å²) in [5.74, 6) is 0. The molecule has 2 fully saturated rings. The van der Waals surface area contributed by atoms with Crippen molar-refractivity contribution in [2.75, 3.05) is 26.7 Å². The van der Waals surface area contributed by atoms with E-state index in [1.165, 1.54) is 0 Å². The lowest BCUT2D eigenvalue weighted by molar-refractivity contribution is 0.0125. The Balaban J connectivity index is 1.92. The number of hydrogen-bond donors (Lipinski definition) is 0. The fraction of sp³-hybridized carbons (Fsp3) is 1.00. The predicted molar refractivity (Wildman–Crippen MR) is 56.3 cm³/mol. The molecule has 0 aromatic carbocycles. The summed E-state index contributed by atoms with van der Waals surface area (Å²) < 4.78 is 25.5. The summed E-state index contributed by atoms with van der Waals surface area (Å²) in [7, 11) is 2.10. The number of halogens is 2. The van der Waals surface area contributed by atoms with Gasteiger partial charge in [-0.15, -0.1) is 0 Å². The molecule has 2 nitrogen and oxygen atoms in total. The molecule has 88 valence electrons. The molecule has 0 spiro atoms. The van der Waals surface area contributed by atoms with Crippen molar-refractivity contribution in [2.45, 2.75) is 44.2 Å². The molecule has 4 heteroatoms. The Morgan fingerprint density at radius 3 is 2.33 bits per heavy atom. The van der Waals surface area contributed by atoms with Crippen molar-refractivity contribution in [3.05, 3.63) is 0 Å². The lowest BCUT2D eigenvalue weighted by Gasteiger charge is -2.37. The highest BCUT2D eigenvalue weighted by Crippen LogP contribution is 2.28. The van der Waals surface area contributed by atoms with Crippen LogP contribution in [0.5, 0.6) is 0 Å². The summed E-state index contributed by atoms with van der Waals surface area (Å²) in [6.45, 7) is 2.98. The highest BCUT2D eigenvalue weighted by molar-refractivity contribution is 4.88.